The maximum atomic E-state index is 12.5. The molecule has 1 aromatic heterocycles. The van der Waals surface area contributed by atoms with Crippen LogP contribution < -0.4 is 5.32 Å². The lowest BCUT2D eigenvalue weighted by Gasteiger charge is -2.35. The van der Waals surface area contributed by atoms with E-state index in [0.29, 0.717) is 19.7 Å². The fourth-order valence-electron chi connectivity index (χ4n) is 3.69. The van der Waals surface area contributed by atoms with Crippen molar-refractivity contribution in [2.45, 2.75) is 38.5 Å². The zero-order chi connectivity index (χ0) is 18.4. The molecule has 140 valence electrons. The van der Waals surface area contributed by atoms with Gasteiger partial charge in [0, 0.05) is 26.9 Å². The molecular formula is C20H28N4O2. The Morgan fingerprint density at radius 1 is 1.27 bits per heavy atom. The van der Waals surface area contributed by atoms with Crippen molar-refractivity contribution in [2.24, 2.45) is 7.05 Å². The minimum Gasteiger partial charge on any atom is -0.380 e. The Kier molecular flexibility index (Phi) is 6.41. The second-order valence-electron chi connectivity index (χ2n) is 6.84. The van der Waals surface area contributed by atoms with Gasteiger partial charge in [-0.3, -0.25) is 14.4 Å². The number of hydrogen-bond acceptors (Lipinski definition) is 4. The molecule has 1 aliphatic heterocycles. The first-order chi connectivity index (χ1) is 12.7. The molecule has 1 aliphatic rings. The molecule has 2 aromatic rings. The molecule has 6 heteroatoms. The molecule has 1 N–H and O–H groups in total. The Hall–Kier alpha value is -2.18. The van der Waals surface area contributed by atoms with Crippen LogP contribution in [0.1, 0.15) is 42.1 Å². The van der Waals surface area contributed by atoms with Crippen LogP contribution in [-0.4, -0.2) is 40.8 Å². The van der Waals surface area contributed by atoms with Gasteiger partial charge < -0.3 is 10.1 Å². The second kappa shape index (κ2) is 8.96. The van der Waals surface area contributed by atoms with Crippen LogP contribution in [0, 0.1) is 0 Å². The maximum absolute atomic E-state index is 12.5. The van der Waals surface area contributed by atoms with Crippen molar-refractivity contribution in [3.05, 3.63) is 53.3 Å². The van der Waals surface area contributed by atoms with Gasteiger partial charge in [0.1, 0.15) is 0 Å². The number of ether oxygens (including phenoxy) is 1. The Labute approximate surface area is 155 Å². The van der Waals surface area contributed by atoms with Crippen molar-refractivity contribution in [1.29, 1.82) is 0 Å². The standard InChI is InChI=1S/C20H28N4O2/c1-23-18(10-11-22-23)19-9-5-6-12-24(19)14-20(25)21-13-16-7-3-4-8-17(16)15-26-2/h3-4,7-8,10-11,19H,5-6,9,12-15H2,1-2H3,(H,21,25)/t19-/m1/s1. The van der Waals surface area contributed by atoms with Crippen molar-refractivity contribution in [3.8, 4) is 0 Å². The summed E-state index contributed by atoms with van der Waals surface area (Å²) in [5.74, 6) is 0.0614. The fourth-order valence-corrected chi connectivity index (χ4v) is 3.69. The summed E-state index contributed by atoms with van der Waals surface area (Å²) in [5, 5.41) is 7.35. The van der Waals surface area contributed by atoms with Crippen molar-refractivity contribution >= 4 is 5.91 Å². The van der Waals surface area contributed by atoms with Gasteiger partial charge >= 0.3 is 0 Å². The molecule has 0 unspecified atom stereocenters. The van der Waals surface area contributed by atoms with Crippen LogP contribution >= 0.6 is 0 Å². The molecule has 0 spiro atoms. The highest BCUT2D eigenvalue weighted by Crippen LogP contribution is 2.30. The topological polar surface area (TPSA) is 59.4 Å². The molecule has 2 heterocycles. The van der Waals surface area contributed by atoms with Crippen molar-refractivity contribution in [3.63, 3.8) is 0 Å². The van der Waals surface area contributed by atoms with Gasteiger partial charge in [-0.1, -0.05) is 30.7 Å². The van der Waals surface area contributed by atoms with Crippen LogP contribution in [0.4, 0.5) is 0 Å². The number of piperidine rings is 1. The number of rotatable bonds is 7. The number of hydrogen-bond donors (Lipinski definition) is 1. The molecule has 0 radical (unpaired) electrons. The van der Waals surface area contributed by atoms with Crippen LogP contribution in [0.2, 0.25) is 0 Å². The normalized spacial score (nSPS) is 18.0. The summed E-state index contributed by atoms with van der Waals surface area (Å²) in [7, 11) is 3.65. The van der Waals surface area contributed by atoms with E-state index in [1.165, 1.54) is 12.1 Å². The number of nitrogens with zero attached hydrogens (tertiary/aromatic N) is 3. The summed E-state index contributed by atoms with van der Waals surface area (Å²) in [6, 6.07) is 10.4. The van der Waals surface area contributed by atoms with Gasteiger partial charge in [-0.2, -0.15) is 5.10 Å². The van der Waals surface area contributed by atoms with Gasteiger partial charge in [0.25, 0.3) is 0 Å². The first-order valence-corrected chi connectivity index (χ1v) is 9.23. The van der Waals surface area contributed by atoms with E-state index in [9.17, 15) is 4.79 Å². The summed E-state index contributed by atoms with van der Waals surface area (Å²) >= 11 is 0. The van der Waals surface area contributed by atoms with Crippen LogP contribution in [0.15, 0.2) is 36.5 Å². The van der Waals surface area contributed by atoms with Crippen molar-refractivity contribution in [2.75, 3.05) is 20.2 Å². The number of aromatic nitrogens is 2. The minimum atomic E-state index is 0.0614. The molecule has 1 amide bonds. The molecule has 26 heavy (non-hydrogen) atoms. The number of likely N-dealkylation sites (tertiary alicyclic amines) is 1. The van der Waals surface area contributed by atoms with Crippen LogP contribution in [0.25, 0.3) is 0 Å². The van der Waals surface area contributed by atoms with E-state index in [0.717, 1.165) is 30.5 Å². The summed E-state index contributed by atoms with van der Waals surface area (Å²) in [6.07, 6.45) is 5.23. The average Bonchev–Trinajstić information content (AvgIpc) is 3.07. The van der Waals surface area contributed by atoms with Gasteiger partial charge in [-0.15, -0.1) is 0 Å². The number of aryl methyl sites for hydroxylation is 1. The summed E-state index contributed by atoms with van der Waals surface area (Å²) in [5.41, 5.74) is 3.40. The van der Waals surface area contributed by atoms with Gasteiger partial charge in [0.2, 0.25) is 5.91 Å². The summed E-state index contributed by atoms with van der Waals surface area (Å²) in [6.45, 7) is 2.45. The predicted molar refractivity (Wildman–Crippen MR) is 100 cm³/mol. The quantitative estimate of drug-likeness (QED) is 0.828. The lowest BCUT2D eigenvalue weighted by Crippen LogP contribution is -2.42. The Morgan fingerprint density at radius 2 is 2.08 bits per heavy atom. The number of carbonyl (C=O) groups is 1. The molecular weight excluding hydrogens is 328 g/mol. The highest BCUT2D eigenvalue weighted by molar-refractivity contribution is 5.78. The molecule has 0 bridgehead atoms. The molecule has 1 aromatic carbocycles. The van der Waals surface area contributed by atoms with E-state index in [4.69, 9.17) is 4.74 Å². The average molecular weight is 356 g/mol. The van der Waals surface area contributed by atoms with Crippen LogP contribution in [0.3, 0.4) is 0 Å². The largest absolute Gasteiger partial charge is 0.380 e. The molecule has 1 atom stereocenters. The summed E-state index contributed by atoms with van der Waals surface area (Å²) < 4.78 is 7.15. The number of carbonyl (C=O) groups excluding carboxylic acids is 1. The highest BCUT2D eigenvalue weighted by Gasteiger charge is 2.27. The molecule has 6 nitrogen and oxygen atoms in total. The predicted octanol–water partition coefficient (Wildman–Crippen LogP) is 2.41. The van der Waals surface area contributed by atoms with Crippen molar-refractivity contribution < 1.29 is 9.53 Å². The zero-order valence-electron chi connectivity index (χ0n) is 15.6. The monoisotopic (exact) mass is 356 g/mol. The second-order valence-corrected chi connectivity index (χ2v) is 6.84. The van der Waals surface area contributed by atoms with Crippen LogP contribution in [0.5, 0.6) is 0 Å². The lowest BCUT2D eigenvalue weighted by molar-refractivity contribution is -0.123. The van der Waals surface area contributed by atoms with E-state index in [-0.39, 0.29) is 11.9 Å². The third-order valence-corrected chi connectivity index (χ3v) is 5.05. The summed E-state index contributed by atoms with van der Waals surface area (Å²) in [4.78, 5) is 14.8. The zero-order valence-corrected chi connectivity index (χ0v) is 15.6. The van der Waals surface area contributed by atoms with Crippen molar-refractivity contribution in [1.82, 2.24) is 20.0 Å². The first kappa shape index (κ1) is 18.6. The maximum Gasteiger partial charge on any atom is 0.234 e. The Morgan fingerprint density at radius 3 is 2.81 bits per heavy atom. The van der Waals surface area contributed by atoms with E-state index >= 15 is 0 Å². The number of amides is 1. The third kappa shape index (κ3) is 4.51. The number of methoxy groups -OCH3 is 1. The van der Waals surface area contributed by atoms with Gasteiger partial charge in [0.15, 0.2) is 0 Å². The molecule has 1 saturated heterocycles. The fraction of sp³-hybridized carbons (Fsp3) is 0.500. The van der Waals surface area contributed by atoms with Crippen LogP contribution in [-0.2, 0) is 29.7 Å². The number of nitrogens with one attached hydrogen (secondary N) is 1. The Balaban J connectivity index is 1.59. The highest BCUT2D eigenvalue weighted by atomic mass is 16.5. The van der Waals surface area contributed by atoms with Gasteiger partial charge in [0.05, 0.1) is 24.9 Å². The first-order valence-electron chi connectivity index (χ1n) is 9.23. The minimum absolute atomic E-state index is 0.0614. The smallest absolute Gasteiger partial charge is 0.234 e. The number of benzene rings is 1. The van der Waals surface area contributed by atoms with Gasteiger partial charge in [-0.05, 0) is 36.6 Å². The van der Waals surface area contributed by atoms with E-state index in [1.54, 1.807) is 7.11 Å². The van der Waals surface area contributed by atoms with Gasteiger partial charge in [-0.25, -0.2) is 0 Å². The Bertz CT molecular complexity index is 728. The molecule has 0 saturated carbocycles. The van der Waals surface area contributed by atoms with E-state index in [2.05, 4.69) is 21.4 Å². The lowest BCUT2D eigenvalue weighted by atomic mass is 9.99. The third-order valence-electron chi connectivity index (χ3n) is 5.05. The van der Waals surface area contributed by atoms with E-state index in [1.807, 2.05) is 42.2 Å². The van der Waals surface area contributed by atoms with E-state index < -0.39 is 0 Å². The molecule has 1 fully saturated rings. The SMILES string of the molecule is COCc1ccccc1CNC(=O)CN1CCCC[C@@H]1c1ccnn1C. The molecule has 3 rings (SSSR count). The molecule has 0 aliphatic carbocycles.